The molecule has 1 aliphatic carbocycles. The van der Waals surface area contributed by atoms with Crippen molar-refractivity contribution in [1.29, 1.82) is 0 Å². The Morgan fingerprint density at radius 2 is 2.19 bits per heavy atom. The van der Waals surface area contributed by atoms with Crippen LogP contribution in [0, 0.1) is 6.92 Å². The number of aromatic amines is 1. The van der Waals surface area contributed by atoms with Gasteiger partial charge >= 0.3 is 0 Å². The van der Waals surface area contributed by atoms with Crippen molar-refractivity contribution in [3.63, 3.8) is 0 Å². The maximum absolute atomic E-state index is 6.29. The van der Waals surface area contributed by atoms with Crippen LogP contribution in [0.2, 0.25) is 0 Å². The zero-order valence-electron chi connectivity index (χ0n) is 9.72. The summed E-state index contributed by atoms with van der Waals surface area (Å²) in [7, 11) is 0. The average Bonchev–Trinajstić information content (AvgIpc) is 2.55. The molecule has 2 aromatic rings. The molecule has 3 rings (SSSR count). The lowest BCUT2D eigenvalue weighted by Gasteiger charge is -2.09. The van der Waals surface area contributed by atoms with E-state index in [1.165, 1.54) is 40.6 Å². The van der Waals surface area contributed by atoms with Gasteiger partial charge in [0.1, 0.15) is 0 Å². The second-order valence-electron chi connectivity index (χ2n) is 4.87. The first-order chi connectivity index (χ1) is 7.77. The molecule has 1 aromatic carbocycles. The number of fused-ring (bicyclic) bond motifs is 3. The van der Waals surface area contributed by atoms with Crippen molar-refractivity contribution >= 4 is 10.9 Å². The molecule has 3 N–H and O–H groups in total. The Morgan fingerprint density at radius 3 is 3.06 bits per heavy atom. The Hall–Kier alpha value is -1.28. The number of benzene rings is 1. The normalized spacial score (nSPS) is 20.8. The first-order valence-electron chi connectivity index (χ1n) is 6.13. The van der Waals surface area contributed by atoms with Crippen molar-refractivity contribution in [2.45, 2.75) is 38.6 Å². The summed E-state index contributed by atoms with van der Waals surface area (Å²) in [5.74, 6) is 0. The van der Waals surface area contributed by atoms with Crippen molar-refractivity contribution in [1.82, 2.24) is 4.98 Å². The van der Waals surface area contributed by atoms with Crippen molar-refractivity contribution in [2.24, 2.45) is 5.73 Å². The molecule has 2 nitrogen and oxygen atoms in total. The predicted molar refractivity (Wildman–Crippen MR) is 67.5 cm³/mol. The number of hydrogen-bond donors (Lipinski definition) is 2. The van der Waals surface area contributed by atoms with Gasteiger partial charge in [-0.25, -0.2) is 0 Å². The van der Waals surface area contributed by atoms with Crippen molar-refractivity contribution in [3.05, 3.63) is 35.0 Å². The van der Waals surface area contributed by atoms with Gasteiger partial charge in [0.15, 0.2) is 0 Å². The fourth-order valence-corrected chi connectivity index (χ4v) is 2.87. The summed E-state index contributed by atoms with van der Waals surface area (Å²) in [6.07, 6.45) is 4.77. The molecular weight excluding hydrogens is 196 g/mol. The second-order valence-corrected chi connectivity index (χ2v) is 4.87. The van der Waals surface area contributed by atoms with Crippen LogP contribution in [0.4, 0.5) is 0 Å². The minimum absolute atomic E-state index is 0.216. The molecule has 2 heteroatoms. The number of nitrogens with two attached hydrogens (primary N) is 1. The monoisotopic (exact) mass is 214 g/mol. The van der Waals surface area contributed by atoms with Crippen LogP contribution in [-0.2, 0) is 6.42 Å². The standard InChI is InChI=1S/C14H18N2/c1-9-5-4-6-10-13-11(15)7-2-3-8-12(13)16-14(9)10/h4-6,11,16H,2-3,7-8,15H2,1H3. The number of nitrogens with one attached hydrogen (secondary N) is 1. The van der Waals surface area contributed by atoms with E-state index < -0.39 is 0 Å². The van der Waals surface area contributed by atoms with Gasteiger partial charge < -0.3 is 10.7 Å². The third-order valence-corrected chi connectivity index (χ3v) is 3.73. The van der Waals surface area contributed by atoms with E-state index in [0.29, 0.717) is 0 Å². The minimum atomic E-state index is 0.216. The number of para-hydroxylation sites is 1. The summed E-state index contributed by atoms with van der Waals surface area (Å²) in [6.45, 7) is 2.16. The van der Waals surface area contributed by atoms with Gasteiger partial charge in [-0.05, 0) is 37.3 Å². The molecule has 1 unspecified atom stereocenters. The number of hydrogen-bond acceptors (Lipinski definition) is 1. The molecule has 0 spiro atoms. The highest BCUT2D eigenvalue weighted by atomic mass is 14.8. The van der Waals surface area contributed by atoms with Crippen molar-refractivity contribution in [3.8, 4) is 0 Å². The molecule has 0 bridgehead atoms. The second kappa shape index (κ2) is 3.63. The highest BCUT2D eigenvalue weighted by molar-refractivity contribution is 5.87. The Bertz CT molecular complexity index is 525. The maximum Gasteiger partial charge on any atom is 0.0489 e. The highest BCUT2D eigenvalue weighted by Crippen LogP contribution is 2.34. The van der Waals surface area contributed by atoms with Gasteiger partial charge in [-0.2, -0.15) is 0 Å². The van der Waals surface area contributed by atoms with Gasteiger partial charge in [0.25, 0.3) is 0 Å². The van der Waals surface area contributed by atoms with Crippen LogP contribution in [0.25, 0.3) is 10.9 Å². The summed E-state index contributed by atoms with van der Waals surface area (Å²) < 4.78 is 0. The summed E-state index contributed by atoms with van der Waals surface area (Å²) >= 11 is 0. The molecule has 0 amide bonds. The first-order valence-corrected chi connectivity index (χ1v) is 6.13. The highest BCUT2D eigenvalue weighted by Gasteiger charge is 2.20. The molecule has 1 atom stereocenters. The van der Waals surface area contributed by atoms with Gasteiger partial charge in [0.2, 0.25) is 0 Å². The largest absolute Gasteiger partial charge is 0.358 e. The Balaban J connectivity index is 2.30. The lowest BCUT2D eigenvalue weighted by Crippen LogP contribution is -2.09. The van der Waals surface area contributed by atoms with Crippen LogP contribution >= 0.6 is 0 Å². The number of aryl methyl sites for hydroxylation is 2. The Morgan fingerprint density at radius 1 is 1.31 bits per heavy atom. The van der Waals surface area contributed by atoms with Gasteiger partial charge in [-0.3, -0.25) is 0 Å². The topological polar surface area (TPSA) is 41.8 Å². The van der Waals surface area contributed by atoms with E-state index in [4.69, 9.17) is 5.73 Å². The zero-order valence-corrected chi connectivity index (χ0v) is 9.72. The van der Waals surface area contributed by atoms with E-state index in [1.54, 1.807) is 0 Å². The average molecular weight is 214 g/mol. The van der Waals surface area contributed by atoms with E-state index in [0.717, 1.165) is 12.8 Å². The summed E-state index contributed by atoms with van der Waals surface area (Å²) in [6, 6.07) is 6.70. The first kappa shape index (κ1) is 9.91. The Labute approximate surface area is 95.8 Å². The van der Waals surface area contributed by atoms with E-state index in [9.17, 15) is 0 Å². The minimum Gasteiger partial charge on any atom is -0.358 e. The van der Waals surface area contributed by atoms with Gasteiger partial charge in [-0.1, -0.05) is 24.6 Å². The maximum atomic E-state index is 6.29. The molecule has 0 radical (unpaired) electrons. The third kappa shape index (κ3) is 1.37. The van der Waals surface area contributed by atoms with E-state index in [2.05, 4.69) is 30.1 Å². The van der Waals surface area contributed by atoms with E-state index in [1.807, 2.05) is 0 Å². The summed E-state index contributed by atoms with van der Waals surface area (Å²) in [4.78, 5) is 3.57. The number of H-pyrrole nitrogens is 1. The Kier molecular flexibility index (Phi) is 2.25. The quantitative estimate of drug-likeness (QED) is 0.650. The lowest BCUT2D eigenvalue weighted by atomic mass is 10.0. The molecule has 84 valence electrons. The van der Waals surface area contributed by atoms with Crippen LogP contribution in [0.3, 0.4) is 0 Å². The van der Waals surface area contributed by atoms with Gasteiger partial charge in [-0.15, -0.1) is 0 Å². The molecule has 0 fully saturated rings. The fraction of sp³-hybridized carbons (Fsp3) is 0.429. The van der Waals surface area contributed by atoms with Crippen LogP contribution < -0.4 is 5.73 Å². The van der Waals surface area contributed by atoms with Crippen LogP contribution in [0.15, 0.2) is 18.2 Å². The van der Waals surface area contributed by atoms with Crippen LogP contribution in [0.5, 0.6) is 0 Å². The third-order valence-electron chi connectivity index (χ3n) is 3.73. The zero-order chi connectivity index (χ0) is 11.1. The summed E-state index contributed by atoms with van der Waals surface area (Å²) in [5, 5.41) is 1.34. The van der Waals surface area contributed by atoms with Gasteiger partial charge in [0, 0.05) is 22.6 Å². The SMILES string of the molecule is Cc1cccc2c3c([nH]c12)CCCCC3N. The van der Waals surface area contributed by atoms with Crippen molar-refractivity contribution in [2.75, 3.05) is 0 Å². The predicted octanol–water partition coefficient (Wildman–Crippen LogP) is 3.20. The van der Waals surface area contributed by atoms with Crippen molar-refractivity contribution < 1.29 is 0 Å². The van der Waals surface area contributed by atoms with E-state index in [-0.39, 0.29) is 6.04 Å². The molecule has 1 aromatic heterocycles. The number of rotatable bonds is 0. The number of aromatic nitrogens is 1. The molecule has 1 aliphatic rings. The fourth-order valence-electron chi connectivity index (χ4n) is 2.87. The summed E-state index contributed by atoms with van der Waals surface area (Å²) in [5.41, 5.74) is 11.6. The molecule has 1 heterocycles. The van der Waals surface area contributed by atoms with Gasteiger partial charge in [0.05, 0.1) is 0 Å². The molecule has 0 aliphatic heterocycles. The molecule has 16 heavy (non-hydrogen) atoms. The van der Waals surface area contributed by atoms with Crippen LogP contribution in [0.1, 0.15) is 42.1 Å². The van der Waals surface area contributed by atoms with E-state index >= 15 is 0 Å². The molecule has 0 saturated carbocycles. The smallest absolute Gasteiger partial charge is 0.0489 e. The molecular formula is C14H18N2. The molecule has 0 saturated heterocycles. The lowest BCUT2D eigenvalue weighted by molar-refractivity contribution is 0.617. The van der Waals surface area contributed by atoms with Crippen LogP contribution in [-0.4, -0.2) is 4.98 Å².